The third kappa shape index (κ3) is 6.31. The largest absolute Gasteiger partial charge is 1.00 e. The van der Waals surface area contributed by atoms with Crippen LogP contribution < -0.4 is 43.9 Å². The number of ether oxygens (including phenoxy) is 2. The van der Waals surface area contributed by atoms with Gasteiger partial charge in [0.2, 0.25) is 0 Å². The molecule has 0 radical (unpaired) electrons. The van der Waals surface area contributed by atoms with Gasteiger partial charge in [0.05, 0.1) is 41.9 Å². The molecular weight excluding hydrogens is 321 g/mol. The fourth-order valence-corrected chi connectivity index (χ4v) is 2.64. The van der Waals surface area contributed by atoms with E-state index in [0.29, 0.717) is 23.7 Å². The molecule has 0 saturated heterocycles. The van der Waals surface area contributed by atoms with E-state index in [1.807, 2.05) is 6.92 Å². The van der Waals surface area contributed by atoms with Crippen LogP contribution in [0.4, 0.5) is 5.69 Å². The molecule has 0 aromatic heterocycles. The molecule has 0 fully saturated rings. The Kier molecular flexibility index (Phi) is 9.37. The van der Waals surface area contributed by atoms with E-state index in [2.05, 4.69) is 0 Å². The summed E-state index contributed by atoms with van der Waals surface area (Å²) in [7, 11) is -1.47. The van der Waals surface area contributed by atoms with Gasteiger partial charge < -0.3 is 24.0 Å². The molecule has 0 aliphatic rings. The van der Waals surface area contributed by atoms with Crippen molar-refractivity contribution in [2.45, 2.75) is 13.0 Å². The zero-order chi connectivity index (χ0) is 16.0. The fraction of sp³-hybridized carbons (Fsp3) is 0.538. The van der Waals surface area contributed by atoms with Gasteiger partial charge in [0, 0.05) is 13.1 Å². The van der Waals surface area contributed by atoms with Gasteiger partial charge in [0.25, 0.3) is 0 Å². The van der Waals surface area contributed by atoms with Crippen LogP contribution in [0.25, 0.3) is 0 Å². The monoisotopic (exact) mass is 341 g/mol. The van der Waals surface area contributed by atoms with Crippen LogP contribution in [0.5, 0.6) is 11.5 Å². The maximum atomic E-state index is 10.7. The molecule has 0 spiro atoms. The number of aliphatic hydroxyl groups excluding tert-OH is 1. The molecule has 7 nitrogen and oxygen atoms in total. The second-order valence-electron chi connectivity index (χ2n) is 4.43. The van der Waals surface area contributed by atoms with Gasteiger partial charge >= 0.3 is 29.6 Å². The van der Waals surface area contributed by atoms with Crippen molar-refractivity contribution in [3.63, 3.8) is 0 Å². The van der Waals surface area contributed by atoms with Crippen molar-refractivity contribution < 1.29 is 57.1 Å². The SMILES string of the molecule is CCN(CC(O)CS(=O)(=O)[O-])c1cccc(OC)c1OC.[Na+]. The first-order valence-electron chi connectivity index (χ1n) is 6.40. The van der Waals surface area contributed by atoms with Gasteiger partial charge in [-0.2, -0.15) is 0 Å². The van der Waals surface area contributed by atoms with Crippen LogP contribution >= 0.6 is 0 Å². The Morgan fingerprint density at radius 3 is 2.41 bits per heavy atom. The van der Waals surface area contributed by atoms with Crippen molar-refractivity contribution in [3.05, 3.63) is 18.2 Å². The Bertz CT molecular complexity index is 566. The van der Waals surface area contributed by atoms with E-state index in [4.69, 9.17) is 9.47 Å². The van der Waals surface area contributed by atoms with Gasteiger partial charge in [-0.25, -0.2) is 8.42 Å². The maximum absolute atomic E-state index is 10.7. The zero-order valence-corrected chi connectivity index (χ0v) is 16.1. The molecule has 0 bridgehead atoms. The molecule has 0 heterocycles. The smallest absolute Gasteiger partial charge is 0.748 e. The van der Waals surface area contributed by atoms with Gasteiger partial charge in [-0.15, -0.1) is 0 Å². The second kappa shape index (κ2) is 9.59. The third-order valence-electron chi connectivity index (χ3n) is 2.93. The number of methoxy groups -OCH3 is 2. The predicted octanol–water partition coefficient (Wildman–Crippen LogP) is -2.56. The van der Waals surface area contributed by atoms with Crippen LogP contribution in [0.1, 0.15) is 6.92 Å². The molecule has 0 aliphatic carbocycles. The van der Waals surface area contributed by atoms with E-state index in [1.54, 1.807) is 23.1 Å². The molecule has 120 valence electrons. The Balaban J connectivity index is 0.00000441. The Labute approximate surface area is 153 Å². The number of hydrogen-bond donors (Lipinski definition) is 1. The number of likely N-dealkylation sites (N-methyl/N-ethyl adjacent to an activating group) is 1. The molecule has 9 heteroatoms. The number of nitrogens with zero attached hydrogens (tertiary/aromatic N) is 1. The minimum absolute atomic E-state index is 0. The summed E-state index contributed by atoms with van der Waals surface area (Å²) in [5.74, 6) is 0.189. The molecule has 1 N–H and O–H groups in total. The minimum atomic E-state index is -4.47. The predicted molar refractivity (Wildman–Crippen MR) is 78.0 cm³/mol. The average Bonchev–Trinajstić information content (AvgIpc) is 2.41. The summed E-state index contributed by atoms with van der Waals surface area (Å²) in [6.07, 6.45) is -1.27. The summed E-state index contributed by atoms with van der Waals surface area (Å²) in [5, 5.41) is 9.74. The van der Waals surface area contributed by atoms with Crippen molar-refractivity contribution in [2.75, 3.05) is 38.0 Å². The van der Waals surface area contributed by atoms with Crippen molar-refractivity contribution in [1.29, 1.82) is 0 Å². The van der Waals surface area contributed by atoms with E-state index in [1.165, 1.54) is 14.2 Å². The third-order valence-corrected chi connectivity index (χ3v) is 3.73. The number of aliphatic hydroxyl groups is 1. The second-order valence-corrected chi connectivity index (χ2v) is 5.88. The summed E-state index contributed by atoms with van der Waals surface area (Å²) in [6, 6.07) is 5.26. The molecule has 22 heavy (non-hydrogen) atoms. The van der Waals surface area contributed by atoms with Gasteiger partial charge in [-0.1, -0.05) is 6.07 Å². The van der Waals surface area contributed by atoms with E-state index in [0.717, 1.165) is 0 Å². The topological polar surface area (TPSA) is 99.1 Å². The summed E-state index contributed by atoms with van der Waals surface area (Å²) in [4.78, 5) is 1.72. The Hall–Kier alpha value is -0.510. The number of hydrogen-bond acceptors (Lipinski definition) is 7. The maximum Gasteiger partial charge on any atom is 1.00 e. The first-order chi connectivity index (χ1) is 9.82. The zero-order valence-electron chi connectivity index (χ0n) is 13.3. The molecule has 1 aromatic carbocycles. The molecule has 1 rings (SSSR count). The van der Waals surface area contributed by atoms with Gasteiger partial charge in [0.15, 0.2) is 11.5 Å². The molecule has 0 saturated carbocycles. The average molecular weight is 341 g/mol. The molecule has 1 unspecified atom stereocenters. The van der Waals surface area contributed by atoms with Gasteiger partial charge in [-0.05, 0) is 19.1 Å². The normalized spacial score (nSPS) is 12.2. The van der Waals surface area contributed by atoms with Crippen LogP contribution in [0.2, 0.25) is 0 Å². The van der Waals surface area contributed by atoms with E-state index < -0.39 is 22.0 Å². The van der Waals surface area contributed by atoms with Crippen molar-refractivity contribution in [3.8, 4) is 11.5 Å². The van der Waals surface area contributed by atoms with Gasteiger partial charge in [0.1, 0.15) is 0 Å². The Morgan fingerprint density at radius 2 is 1.95 bits per heavy atom. The van der Waals surface area contributed by atoms with Crippen molar-refractivity contribution >= 4 is 15.8 Å². The van der Waals surface area contributed by atoms with Crippen LogP contribution in [0.3, 0.4) is 0 Å². The summed E-state index contributed by atoms with van der Waals surface area (Å²) in [5.41, 5.74) is 0.654. The first kappa shape index (κ1) is 21.5. The standard InChI is InChI=1S/C13H21NO6S.Na/c1-4-14(8-10(15)9-21(16,17)18)11-6-5-7-12(19-2)13(11)20-3;/h5-7,10,15H,4,8-9H2,1-3H3,(H,16,17,18);/q;+1/p-1. The fourth-order valence-electron chi connectivity index (χ4n) is 2.06. The first-order valence-corrected chi connectivity index (χ1v) is 7.97. The summed E-state index contributed by atoms with van der Waals surface area (Å²) < 4.78 is 42.6. The molecule has 1 atom stereocenters. The van der Waals surface area contributed by atoms with Crippen molar-refractivity contribution in [1.82, 2.24) is 0 Å². The van der Waals surface area contributed by atoms with Crippen LogP contribution in [0, 0.1) is 0 Å². The number of benzene rings is 1. The molecule has 1 aromatic rings. The minimum Gasteiger partial charge on any atom is -0.748 e. The van der Waals surface area contributed by atoms with Crippen molar-refractivity contribution in [2.24, 2.45) is 0 Å². The molecule has 0 aliphatic heterocycles. The summed E-state index contributed by atoms with van der Waals surface area (Å²) in [6.45, 7) is 2.35. The van der Waals surface area contributed by atoms with E-state index >= 15 is 0 Å². The van der Waals surface area contributed by atoms with Crippen LogP contribution in [-0.4, -0.2) is 57.2 Å². The van der Waals surface area contributed by atoms with E-state index in [9.17, 15) is 18.1 Å². The molecular formula is C13H20NNaO6S. The quantitative estimate of drug-likeness (QED) is 0.410. The number of rotatable bonds is 8. The van der Waals surface area contributed by atoms with Crippen LogP contribution in [0.15, 0.2) is 18.2 Å². The van der Waals surface area contributed by atoms with E-state index in [-0.39, 0.29) is 36.1 Å². The number of para-hydroxylation sites is 1. The van der Waals surface area contributed by atoms with Gasteiger partial charge in [-0.3, -0.25) is 0 Å². The van der Waals surface area contributed by atoms with Crippen LogP contribution in [-0.2, 0) is 10.1 Å². The summed E-state index contributed by atoms with van der Waals surface area (Å²) >= 11 is 0. The number of anilines is 1. The Morgan fingerprint density at radius 1 is 1.32 bits per heavy atom. The molecule has 0 amide bonds.